The first-order chi connectivity index (χ1) is 8.48. The van der Waals surface area contributed by atoms with Crippen LogP contribution in [0.1, 0.15) is 45.6 Å². The van der Waals surface area contributed by atoms with E-state index in [-0.39, 0.29) is 5.54 Å². The molecule has 0 amide bonds. The van der Waals surface area contributed by atoms with Gasteiger partial charge < -0.3 is 5.32 Å². The second-order valence-corrected chi connectivity index (χ2v) is 6.78. The second kappa shape index (κ2) is 5.35. The number of anilines is 1. The molecule has 3 heteroatoms. The van der Waals surface area contributed by atoms with Crippen molar-refractivity contribution >= 4 is 22.6 Å². The number of amidine groups is 1. The van der Waals surface area contributed by atoms with Gasteiger partial charge in [0, 0.05) is 11.4 Å². The standard InChI is InChI=1S/C15H22N2S/c1-11(2)12-7-5-6-8-13(12)16-14-17-15(3,4)9-10-18-14/h5-8,11H,9-10H2,1-4H3,(H,16,17). The van der Waals surface area contributed by atoms with Crippen molar-refractivity contribution in [3.8, 4) is 0 Å². The molecule has 0 fully saturated rings. The summed E-state index contributed by atoms with van der Waals surface area (Å²) in [6.07, 6.45) is 1.15. The van der Waals surface area contributed by atoms with Crippen molar-refractivity contribution in [3.63, 3.8) is 0 Å². The first-order valence-electron chi connectivity index (χ1n) is 6.56. The normalized spacial score (nSPS) is 18.6. The number of nitrogens with one attached hydrogen (secondary N) is 1. The highest BCUT2D eigenvalue weighted by Crippen LogP contribution is 2.29. The molecule has 1 aromatic rings. The maximum absolute atomic E-state index is 4.78. The minimum atomic E-state index is 0.0698. The maximum Gasteiger partial charge on any atom is 0.161 e. The van der Waals surface area contributed by atoms with Crippen LogP contribution in [0, 0.1) is 0 Å². The van der Waals surface area contributed by atoms with Crippen LogP contribution < -0.4 is 5.32 Å². The van der Waals surface area contributed by atoms with Crippen LogP contribution in [0.5, 0.6) is 0 Å². The van der Waals surface area contributed by atoms with Crippen molar-refractivity contribution in [2.75, 3.05) is 11.1 Å². The highest BCUT2D eigenvalue weighted by molar-refractivity contribution is 8.14. The van der Waals surface area contributed by atoms with E-state index < -0.39 is 0 Å². The third-order valence-electron chi connectivity index (χ3n) is 3.18. The molecule has 0 atom stereocenters. The Balaban J connectivity index is 2.22. The lowest BCUT2D eigenvalue weighted by atomic mass is 10.0. The summed E-state index contributed by atoms with van der Waals surface area (Å²) in [5, 5.41) is 4.55. The fraction of sp³-hybridized carbons (Fsp3) is 0.533. The molecule has 18 heavy (non-hydrogen) atoms. The monoisotopic (exact) mass is 262 g/mol. The lowest BCUT2D eigenvalue weighted by Crippen LogP contribution is -2.27. The molecular formula is C15H22N2S. The Morgan fingerprint density at radius 2 is 2.00 bits per heavy atom. The zero-order valence-corrected chi connectivity index (χ0v) is 12.5. The zero-order valence-electron chi connectivity index (χ0n) is 11.7. The molecule has 1 aliphatic heterocycles. The van der Waals surface area contributed by atoms with Gasteiger partial charge in [-0.2, -0.15) is 0 Å². The predicted octanol–water partition coefficient (Wildman–Crippen LogP) is 4.49. The Labute approximate surface area is 114 Å². The van der Waals surface area contributed by atoms with Crippen LogP contribution in [0.4, 0.5) is 5.69 Å². The van der Waals surface area contributed by atoms with Crippen LogP contribution in [0.2, 0.25) is 0 Å². The molecule has 98 valence electrons. The Bertz CT molecular complexity index is 450. The van der Waals surface area contributed by atoms with Gasteiger partial charge in [0.25, 0.3) is 0 Å². The van der Waals surface area contributed by atoms with Crippen LogP contribution in [0.3, 0.4) is 0 Å². The van der Waals surface area contributed by atoms with Gasteiger partial charge in [-0.25, -0.2) is 0 Å². The van der Waals surface area contributed by atoms with Crippen molar-refractivity contribution in [1.82, 2.24) is 0 Å². The largest absolute Gasteiger partial charge is 0.335 e. The highest BCUT2D eigenvalue weighted by Gasteiger charge is 2.22. The Morgan fingerprint density at radius 1 is 1.28 bits per heavy atom. The molecule has 0 saturated carbocycles. The van der Waals surface area contributed by atoms with Crippen molar-refractivity contribution in [1.29, 1.82) is 0 Å². The summed E-state index contributed by atoms with van der Waals surface area (Å²) in [5.74, 6) is 1.67. The van der Waals surface area contributed by atoms with Crippen LogP contribution >= 0.6 is 11.8 Å². The Morgan fingerprint density at radius 3 is 2.67 bits per heavy atom. The number of thioether (sulfide) groups is 1. The number of hydrogen-bond donors (Lipinski definition) is 1. The van der Waals surface area contributed by atoms with Gasteiger partial charge in [0.05, 0.1) is 5.54 Å². The molecule has 2 rings (SSSR count). The Kier molecular flexibility index (Phi) is 4.00. The van der Waals surface area contributed by atoms with E-state index in [4.69, 9.17) is 4.99 Å². The summed E-state index contributed by atoms with van der Waals surface area (Å²) in [4.78, 5) is 4.78. The van der Waals surface area contributed by atoms with Gasteiger partial charge in [-0.05, 0) is 37.8 Å². The van der Waals surface area contributed by atoms with Crippen LogP contribution in [-0.4, -0.2) is 16.5 Å². The minimum absolute atomic E-state index is 0.0698. The van der Waals surface area contributed by atoms with E-state index in [1.54, 1.807) is 0 Å². The predicted molar refractivity (Wildman–Crippen MR) is 82.7 cm³/mol. The summed E-state index contributed by atoms with van der Waals surface area (Å²) in [7, 11) is 0. The second-order valence-electron chi connectivity index (χ2n) is 5.69. The van der Waals surface area contributed by atoms with Gasteiger partial charge in [-0.15, -0.1) is 0 Å². The van der Waals surface area contributed by atoms with Crippen molar-refractivity contribution in [2.24, 2.45) is 4.99 Å². The average molecular weight is 262 g/mol. The van der Waals surface area contributed by atoms with Crippen LogP contribution in [0.25, 0.3) is 0 Å². The first kappa shape index (κ1) is 13.5. The lowest BCUT2D eigenvalue weighted by molar-refractivity contribution is 0.507. The van der Waals surface area contributed by atoms with Crippen LogP contribution in [-0.2, 0) is 0 Å². The SMILES string of the molecule is CC(C)c1ccccc1NC1=NC(C)(C)CCS1. The Hall–Kier alpha value is -0.960. The summed E-state index contributed by atoms with van der Waals surface area (Å²) >= 11 is 1.82. The van der Waals surface area contributed by atoms with Gasteiger partial charge in [0.15, 0.2) is 5.17 Å². The van der Waals surface area contributed by atoms with Crippen molar-refractivity contribution < 1.29 is 0 Å². The summed E-state index contributed by atoms with van der Waals surface area (Å²) in [6, 6.07) is 8.50. The molecule has 2 nitrogen and oxygen atoms in total. The van der Waals surface area contributed by atoms with Crippen molar-refractivity contribution in [3.05, 3.63) is 29.8 Å². The zero-order chi connectivity index (χ0) is 13.2. The molecule has 0 radical (unpaired) electrons. The topological polar surface area (TPSA) is 24.4 Å². The van der Waals surface area contributed by atoms with Gasteiger partial charge in [0.2, 0.25) is 0 Å². The fourth-order valence-corrected chi connectivity index (χ4v) is 3.34. The maximum atomic E-state index is 4.78. The van der Waals surface area contributed by atoms with Gasteiger partial charge in [0.1, 0.15) is 0 Å². The molecule has 1 aromatic carbocycles. The number of benzene rings is 1. The molecular weight excluding hydrogens is 240 g/mol. The number of aliphatic imine (C=N–C) groups is 1. The van der Waals surface area contributed by atoms with E-state index >= 15 is 0 Å². The summed E-state index contributed by atoms with van der Waals surface area (Å²) < 4.78 is 0. The number of nitrogens with zero attached hydrogens (tertiary/aromatic N) is 1. The molecule has 0 bridgehead atoms. The van der Waals surface area contributed by atoms with E-state index in [0.717, 1.165) is 17.3 Å². The number of hydrogen-bond acceptors (Lipinski definition) is 3. The molecule has 0 unspecified atom stereocenters. The third kappa shape index (κ3) is 3.29. The molecule has 1 N–H and O–H groups in total. The van der Waals surface area contributed by atoms with E-state index in [0.29, 0.717) is 5.92 Å². The summed E-state index contributed by atoms with van der Waals surface area (Å²) in [6.45, 7) is 8.84. The van der Waals surface area contributed by atoms with E-state index in [2.05, 4.69) is 57.3 Å². The quantitative estimate of drug-likeness (QED) is 0.849. The molecule has 0 spiro atoms. The molecule has 1 heterocycles. The highest BCUT2D eigenvalue weighted by atomic mass is 32.2. The van der Waals surface area contributed by atoms with E-state index in [1.165, 1.54) is 11.3 Å². The van der Waals surface area contributed by atoms with Crippen molar-refractivity contribution in [2.45, 2.75) is 45.6 Å². The minimum Gasteiger partial charge on any atom is -0.335 e. The summed E-state index contributed by atoms with van der Waals surface area (Å²) in [5.41, 5.74) is 2.61. The van der Waals surface area contributed by atoms with Crippen LogP contribution in [0.15, 0.2) is 29.3 Å². The van der Waals surface area contributed by atoms with E-state index in [9.17, 15) is 0 Å². The third-order valence-corrected chi connectivity index (χ3v) is 4.06. The van der Waals surface area contributed by atoms with Gasteiger partial charge >= 0.3 is 0 Å². The number of para-hydroxylation sites is 1. The van der Waals surface area contributed by atoms with Gasteiger partial charge in [-0.1, -0.05) is 43.8 Å². The fourth-order valence-electron chi connectivity index (χ4n) is 2.05. The molecule has 0 aliphatic carbocycles. The first-order valence-corrected chi connectivity index (χ1v) is 7.55. The lowest BCUT2D eigenvalue weighted by Gasteiger charge is -2.27. The smallest absolute Gasteiger partial charge is 0.161 e. The average Bonchev–Trinajstić information content (AvgIpc) is 2.28. The van der Waals surface area contributed by atoms with E-state index in [1.807, 2.05) is 11.8 Å². The number of rotatable bonds is 2. The van der Waals surface area contributed by atoms with Gasteiger partial charge in [-0.3, -0.25) is 4.99 Å². The molecule has 0 aromatic heterocycles. The molecule has 1 aliphatic rings. The molecule has 0 saturated heterocycles.